The van der Waals surface area contributed by atoms with Gasteiger partial charge in [0.25, 0.3) is 0 Å². The first-order valence-corrected chi connectivity index (χ1v) is 12.1. The number of piperidine rings is 1. The lowest BCUT2D eigenvalue weighted by molar-refractivity contribution is -0.137. The molecule has 4 rings (SSSR count). The maximum atomic E-state index is 13.2. The summed E-state index contributed by atoms with van der Waals surface area (Å²) < 4.78 is 10.8. The van der Waals surface area contributed by atoms with E-state index in [1.54, 1.807) is 4.90 Å². The third-order valence-electron chi connectivity index (χ3n) is 6.86. The molecule has 2 aromatic carbocycles. The smallest absolute Gasteiger partial charge is 0.407 e. The first kappa shape index (κ1) is 24.7. The van der Waals surface area contributed by atoms with Gasteiger partial charge >= 0.3 is 12.1 Å². The molecular formula is C27H32N2O6. The number of rotatable bonds is 9. The molecule has 2 amide bonds. The molecular weight excluding hydrogens is 448 g/mol. The Hall–Kier alpha value is -3.39. The van der Waals surface area contributed by atoms with Crippen LogP contribution in [-0.4, -0.2) is 67.4 Å². The van der Waals surface area contributed by atoms with Crippen molar-refractivity contribution in [3.63, 3.8) is 0 Å². The highest BCUT2D eigenvalue weighted by Gasteiger charge is 2.32. The molecule has 1 heterocycles. The van der Waals surface area contributed by atoms with E-state index >= 15 is 0 Å². The van der Waals surface area contributed by atoms with Crippen molar-refractivity contribution in [3.8, 4) is 11.1 Å². The molecule has 0 saturated carbocycles. The van der Waals surface area contributed by atoms with Crippen molar-refractivity contribution in [3.05, 3.63) is 59.7 Å². The Morgan fingerprint density at radius 3 is 2.37 bits per heavy atom. The Morgan fingerprint density at radius 1 is 1.09 bits per heavy atom. The lowest BCUT2D eigenvalue weighted by Crippen LogP contribution is -2.53. The molecule has 1 aliphatic heterocycles. The van der Waals surface area contributed by atoms with Crippen LogP contribution in [0.5, 0.6) is 0 Å². The van der Waals surface area contributed by atoms with Gasteiger partial charge in [0.1, 0.15) is 12.6 Å². The SMILES string of the molecule is COC[C@H](NC(=O)OCC1c2ccccc2-c2ccccc21)C(=O)N1CCCC(CCC(=O)O)C1. The van der Waals surface area contributed by atoms with Crippen LogP contribution in [0, 0.1) is 5.92 Å². The molecule has 8 heteroatoms. The minimum atomic E-state index is -0.867. The molecule has 1 aliphatic carbocycles. The highest BCUT2D eigenvalue weighted by molar-refractivity contribution is 5.86. The summed E-state index contributed by atoms with van der Waals surface area (Å²) in [7, 11) is 1.48. The zero-order valence-corrected chi connectivity index (χ0v) is 19.9. The van der Waals surface area contributed by atoms with E-state index in [4.69, 9.17) is 14.6 Å². The van der Waals surface area contributed by atoms with Gasteiger partial charge in [-0.3, -0.25) is 9.59 Å². The third-order valence-corrected chi connectivity index (χ3v) is 6.86. The second-order valence-corrected chi connectivity index (χ2v) is 9.20. The number of aliphatic carboxylic acids is 1. The number of nitrogens with one attached hydrogen (secondary N) is 1. The standard InChI is InChI=1S/C27H32N2O6/c1-34-17-24(26(32)29-14-6-7-18(15-29)12-13-25(30)31)28-27(33)35-16-23-21-10-4-2-8-19(21)20-9-3-5-11-22(20)23/h2-5,8-11,18,23-24H,6-7,12-17H2,1H3,(H,28,33)(H,30,31)/t18?,24-/m0/s1. The largest absolute Gasteiger partial charge is 0.481 e. The zero-order valence-electron chi connectivity index (χ0n) is 19.9. The van der Waals surface area contributed by atoms with Crippen LogP contribution < -0.4 is 5.32 Å². The summed E-state index contributed by atoms with van der Waals surface area (Å²) in [5, 5.41) is 11.6. The van der Waals surface area contributed by atoms with Crippen molar-refractivity contribution in [2.75, 3.05) is 33.4 Å². The van der Waals surface area contributed by atoms with Crippen LogP contribution in [0.4, 0.5) is 4.79 Å². The van der Waals surface area contributed by atoms with E-state index in [0.29, 0.717) is 19.5 Å². The van der Waals surface area contributed by atoms with Crippen LogP contribution in [0.1, 0.15) is 42.7 Å². The van der Waals surface area contributed by atoms with E-state index in [1.807, 2.05) is 24.3 Å². The molecule has 35 heavy (non-hydrogen) atoms. The van der Waals surface area contributed by atoms with Crippen molar-refractivity contribution < 1.29 is 29.0 Å². The molecule has 8 nitrogen and oxygen atoms in total. The van der Waals surface area contributed by atoms with Crippen molar-refractivity contribution >= 4 is 18.0 Å². The number of benzene rings is 2. The number of carbonyl (C=O) groups excluding carboxylic acids is 2. The van der Waals surface area contributed by atoms with E-state index in [-0.39, 0.29) is 37.4 Å². The van der Waals surface area contributed by atoms with Gasteiger partial charge in [-0.25, -0.2) is 4.79 Å². The molecule has 2 N–H and O–H groups in total. The quantitative estimate of drug-likeness (QED) is 0.568. The second kappa shape index (κ2) is 11.4. The van der Waals surface area contributed by atoms with Crippen LogP contribution in [-0.2, 0) is 19.1 Å². The highest BCUT2D eigenvalue weighted by Crippen LogP contribution is 2.44. The summed E-state index contributed by atoms with van der Waals surface area (Å²) in [6.07, 6.45) is 1.66. The van der Waals surface area contributed by atoms with Crippen LogP contribution >= 0.6 is 0 Å². The first-order valence-electron chi connectivity index (χ1n) is 12.1. The summed E-state index contributed by atoms with van der Waals surface area (Å²) in [5.74, 6) is -0.994. The molecule has 0 bridgehead atoms. The number of methoxy groups -OCH3 is 1. The number of likely N-dealkylation sites (tertiary alicyclic amines) is 1. The van der Waals surface area contributed by atoms with Gasteiger partial charge in [0.05, 0.1) is 6.61 Å². The Balaban J connectivity index is 1.36. The maximum Gasteiger partial charge on any atom is 0.407 e. The fourth-order valence-corrected chi connectivity index (χ4v) is 5.17. The summed E-state index contributed by atoms with van der Waals surface area (Å²) in [5.41, 5.74) is 4.53. The van der Waals surface area contributed by atoms with Gasteiger partial charge in [0, 0.05) is 32.5 Å². The second-order valence-electron chi connectivity index (χ2n) is 9.20. The molecule has 2 aliphatic rings. The van der Waals surface area contributed by atoms with Gasteiger partial charge in [0.15, 0.2) is 0 Å². The van der Waals surface area contributed by atoms with Crippen molar-refractivity contribution in [2.45, 2.75) is 37.6 Å². The van der Waals surface area contributed by atoms with E-state index in [0.717, 1.165) is 35.1 Å². The number of carboxylic acid groups (broad SMARTS) is 1. The van der Waals surface area contributed by atoms with Crippen molar-refractivity contribution in [1.82, 2.24) is 10.2 Å². The maximum absolute atomic E-state index is 13.2. The number of ether oxygens (including phenoxy) is 2. The van der Waals surface area contributed by atoms with E-state index in [2.05, 4.69) is 29.6 Å². The number of hydrogen-bond acceptors (Lipinski definition) is 5. The molecule has 0 aromatic heterocycles. The van der Waals surface area contributed by atoms with Crippen LogP contribution in [0.2, 0.25) is 0 Å². The average Bonchev–Trinajstić information content (AvgIpc) is 3.19. The lowest BCUT2D eigenvalue weighted by Gasteiger charge is -2.34. The highest BCUT2D eigenvalue weighted by atomic mass is 16.5. The number of amides is 2. The average molecular weight is 481 g/mol. The van der Waals surface area contributed by atoms with Gasteiger partial charge in [0.2, 0.25) is 5.91 Å². The molecule has 1 unspecified atom stereocenters. The molecule has 1 fully saturated rings. The van der Waals surface area contributed by atoms with Gasteiger partial charge in [-0.05, 0) is 47.4 Å². The van der Waals surface area contributed by atoms with E-state index < -0.39 is 18.1 Å². The predicted molar refractivity (Wildman–Crippen MR) is 130 cm³/mol. The molecule has 1 saturated heterocycles. The number of carboxylic acids is 1. The lowest BCUT2D eigenvalue weighted by atomic mass is 9.93. The summed E-state index contributed by atoms with van der Waals surface area (Å²) in [6, 6.07) is 15.3. The Labute approximate surface area is 205 Å². The van der Waals surface area contributed by atoms with Gasteiger partial charge < -0.3 is 24.8 Å². The third kappa shape index (κ3) is 5.82. The molecule has 2 aromatic rings. The summed E-state index contributed by atoms with van der Waals surface area (Å²) in [6.45, 7) is 1.25. The zero-order chi connectivity index (χ0) is 24.8. The van der Waals surface area contributed by atoms with Crippen LogP contribution in [0.15, 0.2) is 48.5 Å². The van der Waals surface area contributed by atoms with Crippen molar-refractivity contribution in [2.24, 2.45) is 5.92 Å². The van der Waals surface area contributed by atoms with Gasteiger partial charge in [-0.15, -0.1) is 0 Å². The Bertz CT molecular complexity index is 1030. The fourth-order valence-electron chi connectivity index (χ4n) is 5.17. The fraction of sp³-hybridized carbons (Fsp3) is 0.444. The van der Waals surface area contributed by atoms with E-state index in [9.17, 15) is 14.4 Å². The monoisotopic (exact) mass is 480 g/mol. The predicted octanol–water partition coefficient (Wildman–Crippen LogP) is 3.64. The summed E-state index contributed by atoms with van der Waals surface area (Å²) >= 11 is 0. The molecule has 2 atom stereocenters. The number of hydrogen-bond donors (Lipinski definition) is 2. The number of alkyl carbamates (subject to hydrolysis) is 1. The Kier molecular flexibility index (Phi) is 8.02. The number of fused-ring (bicyclic) bond motifs is 3. The van der Waals surface area contributed by atoms with E-state index in [1.165, 1.54) is 7.11 Å². The molecule has 186 valence electrons. The molecule has 0 radical (unpaired) electrons. The first-order chi connectivity index (χ1) is 17.0. The number of nitrogens with zero attached hydrogens (tertiary/aromatic N) is 1. The van der Waals surface area contributed by atoms with Crippen molar-refractivity contribution in [1.29, 1.82) is 0 Å². The summed E-state index contributed by atoms with van der Waals surface area (Å²) in [4.78, 5) is 38.5. The normalized spacial score (nSPS) is 17.9. The molecule has 0 spiro atoms. The Morgan fingerprint density at radius 2 is 1.74 bits per heavy atom. The minimum Gasteiger partial charge on any atom is -0.481 e. The minimum absolute atomic E-state index is 0.0271. The number of carbonyl (C=O) groups is 3. The van der Waals surface area contributed by atoms with Crippen LogP contribution in [0.3, 0.4) is 0 Å². The van der Waals surface area contributed by atoms with Gasteiger partial charge in [-0.2, -0.15) is 0 Å². The topological polar surface area (TPSA) is 105 Å². The van der Waals surface area contributed by atoms with Crippen LogP contribution in [0.25, 0.3) is 11.1 Å². The van der Waals surface area contributed by atoms with Gasteiger partial charge in [-0.1, -0.05) is 48.5 Å².